The molecule has 4 rings (SSSR count). The quantitative estimate of drug-likeness (QED) is 0.409. The maximum atomic E-state index is 12.2. The first-order chi connectivity index (χ1) is 15.6. The number of furan rings is 1. The first-order valence-electron chi connectivity index (χ1n) is 9.72. The average molecular weight is 436 g/mol. The molecule has 0 aliphatic rings. The Morgan fingerprint density at radius 3 is 2.66 bits per heavy atom. The normalized spacial score (nSPS) is 10.7. The fourth-order valence-electron chi connectivity index (χ4n) is 2.84. The molecule has 0 aliphatic carbocycles. The Morgan fingerprint density at radius 2 is 1.91 bits per heavy atom. The van der Waals surface area contributed by atoms with Gasteiger partial charge in [0.25, 0.3) is 0 Å². The van der Waals surface area contributed by atoms with Crippen LogP contribution < -0.4 is 15.4 Å². The van der Waals surface area contributed by atoms with Gasteiger partial charge in [-0.15, -0.1) is 0 Å². The minimum absolute atomic E-state index is 0.000555. The summed E-state index contributed by atoms with van der Waals surface area (Å²) < 4.78 is 16.9. The zero-order valence-electron chi connectivity index (χ0n) is 17.1. The Morgan fingerprint density at radius 1 is 1.09 bits per heavy atom. The molecule has 0 radical (unpaired) electrons. The number of benzene rings is 1. The molecule has 3 heterocycles. The molecule has 1 aromatic carbocycles. The van der Waals surface area contributed by atoms with E-state index in [9.17, 15) is 9.59 Å². The molecule has 2 amide bonds. The van der Waals surface area contributed by atoms with E-state index in [1.165, 1.54) is 17.1 Å². The molecule has 11 heteroatoms. The van der Waals surface area contributed by atoms with Crippen LogP contribution in [-0.2, 0) is 22.6 Å². The van der Waals surface area contributed by atoms with Crippen molar-refractivity contribution >= 4 is 23.2 Å². The van der Waals surface area contributed by atoms with E-state index < -0.39 is 0 Å². The Bertz CT molecular complexity index is 1180. The minimum atomic E-state index is -0.250. The lowest BCUT2D eigenvalue weighted by molar-refractivity contribution is -0.117. The van der Waals surface area contributed by atoms with Crippen LogP contribution in [-0.4, -0.2) is 38.8 Å². The lowest BCUT2D eigenvalue weighted by Gasteiger charge is -2.06. The Hall–Kier alpha value is -4.41. The minimum Gasteiger partial charge on any atom is -0.497 e. The molecule has 4 aromatic rings. The van der Waals surface area contributed by atoms with E-state index in [-0.39, 0.29) is 31.2 Å². The number of carbonyl (C=O) groups excluding carboxylic acids is 2. The zero-order chi connectivity index (χ0) is 22.3. The van der Waals surface area contributed by atoms with Crippen molar-refractivity contribution in [3.05, 3.63) is 60.9 Å². The van der Waals surface area contributed by atoms with Gasteiger partial charge in [0, 0.05) is 24.7 Å². The van der Waals surface area contributed by atoms with Crippen molar-refractivity contribution in [2.75, 3.05) is 17.7 Å². The number of hydrogen-bond acceptors (Lipinski definition) is 8. The first kappa shape index (κ1) is 20.8. The van der Waals surface area contributed by atoms with Gasteiger partial charge in [0.2, 0.25) is 23.5 Å². The third-order valence-electron chi connectivity index (χ3n) is 4.37. The van der Waals surface area contributed by atoms with Gasteiger partial charge in [-0.3, -0.25) is 14.3 Å². The molecule has 2 N–H and O–H groups in total. The maximum absolute atomic E-state index is 12.2. The van der Waals surface area contributed by atoms with E-state index >= 15 is 0 Å². The van der Waals surface area contributed by atoms with Crippen LogP contribution in [0.25, 0.3) is 11.6 Å². The SMILES string of the molecule is COc1ccc(NC(=O)Cn2cc(NC(=O)CCc3nc(-c4ccco4)no3)cn2)cc1. The smallest absolute Gasteiger partial charge is 0.246 e. The maximum Gasteiger partial charge on any atom is 0.246 e. The van der Waals surface area contributed by atoms with Gasteiger partial charge in [0.15, 0.2) is 5.76 Å². The molecule has 164 valence electrons. The summed E-state index contributed by atoms with van der Waals surface area (Å²) in [6.07, 6.45) is 4.98. The number of nitrogens with zero attached hydrogens (tertiary/aromatic N) is 4. The standard InChI is InChI=1S/C21H20N6O5/c1-30-16-6-4-14(5-7-16)23-19(29)13-27-12-15(11-22-27)24-18(28)8-9-20-25-21(26-32-20)17-3-2-10-31-17/h2-7,10-12H,8-9,13H2,1H3,(H,23,29)(H,24,28). The molecule has 0 saturated carbocycles. The van der Waals surface area contributed by atoms with Crippen molar-refractivity contribution in [1.82, 2.24) is 19.9 Å². The van der Waals surface area contributed by atoms with Gasteiger partial charge in [0.1, 0.15) is 12.3 Å². The third-order valence-corrected chi connectivity index (χ3v) is 4.37. The number of amides is 2. The lowest BCUT2D eigenvalue weighted by atomic mass is 10.3. The molecule has 0 spiro atoms. The number of methoxy groups -OCH3 is 1. The van der Waals surface area contributed by atoms with Crippen LogP contribution in [0.15, 0.2) is 64.0 Å². The van der Waals surface area contributed by atoms with Gasteiger partial charge >= 0.3 is 0 Å². The van der Waals surface area contributed by atoms with Crippen molar-refractivity contribution in [3.8, 4) is 17.3 Å². The zero-order valence-corrected chi connectivity index (χ0v) is 17.1. The van der Waals surface area contributed by atoms with Gasteiger partial charge < -0.3 is 24.3 Å². The number of carbonyl (C=O) groups is 2. The lowest BCUT2D eigenvalue weighted by Crippen LogP contribution is -2.19. The summed E-state index contributed by atoms with van der Waals surface area (Å²) in [7, 11) is 1.57. The van der Waals surface area contributed by atoms with Crippen LogP contribution in [0.4, 0.5) is 11.4 Å². The molecular formula is C21H20N6O5. The predicted octanol–water partition coefficient (Wildman–Crippen LogP) is 2.74. The van der Waals surface area contributed by atoms with Crippen molar-refractivity contribution in [3.63, 3.8) is 0 Å². The second-order valence-corrected chi connectivity index (χ2v) is 6.74. The van der Waals surface area contributed by atoms with Gasteiger partial charge in [-0.1, -0.05) is 5.16 Å². The van der Waals surface area contributed by atoms with Gasteiger partial charge in [0.05, 0.1) is 25.3 Å². The third kappa shape index (κ3) is 5.39. The Balaban J connectivity index is 1.23. The summed E-state index contributed by atoms with van der Waals surface area (Å²) in [5.74, 6) is 1.36. The van der Waals surface area contributed by atoms with Gasteiger partial charge in [-0.05, 0) is 36.4 Å². The molecule has 3 aromatic heterocycles. The van der Waals surface area contributed by atoms with Crippen molar-refractivity contribution < 1.29 is 23.3 Å². The highest BCUT2D eigenvalue weighted by atomic mass is 16.5. The van der Waals surface area contributed by atoms with Crippen LogP contribution in [0.5, 0.6) is 5.75 Å². The fraction of sp³-hybridized carbons (Fsp3) is 0.190. The average Bonchev–Trinajstić information content (AvgIpc) is 3.55. The van der Waals surface area contributed by atoms with E-state index in [0.29, 0.717) is 34.6 Å². The summed E-state index contributed by atoms with van der Waals surface area (Å²) in [5.41, 5.74) is 1.13. The summed E-state index contributed by atoms with van der Waals surface area (Å²) in [6, 6.07) is 10.4. The number of ether oxygens (including phenoxy) is 1. The summed E-state index contributed by atoms with van der Waals surface area (Å²) in [5, 5.41) is 13.4. The van der Waals surface area contributed by atoms with E-state index in [1.807, 2.05) is 0 Å². The fourth-order valence-corrected chi connectivity index (χ4v) is 2.84. The van der Waals surface area contributed by atoms with Crippen molar-refractivity contribution in [1.29, 1.82) is 0 Å². The van der Waals surface area contributed by atoms with Crippen LogP contribution >= 0.6 is 0 Å². The summed E-state index contributed by atoms with van der Waals surface area (Å²) >= 11 is 0. The molecule has 0 unspecified atom stereocenters. The molecule has 0 atom stereocenters. The number of anilines is 2. The molecule has 0 bridgehead atoms. The Kier molecular flexibility index (Phi) is 6.25. The summed E-state index contributed by atoms with van der Waals surface area (Å²) in [6.45, 7) is -0.000555. The number of nitrogens with one attached hydrogen (secondary N) is 2. The van der Waals surface area contributed by atoms with Crippen molar-refractivity contribution in [2.45, 2.75) is 19.4 Å². The number of hydrogen-bond donors (Lipinski definition) is 2. The van der Waals surface area contributed by atoms with Gasteiger partial charge in [-0.25, -0.2) is 0 Å². The number of rotatable bonds is 9. The summed E-state index contributed by atoms with van der Waals surface area (Å²) in [4.78, 5) is 28.6. The van der Waals surface area contributed by atoms with Crippen molar-refractivity contribution in [2.24, 2.45) is 0 Å². The highest BCUT2D eigenvalue weighted by Gasteiger charge is 2.13. The highest BCUT2D eigenvalue weighted by molar-refractivity contribution is 5.91. The molecule has 32 heavy (non-hydrogen) atoms. The van der Waals surface area contributed by atoms with Crippen LogP contribution in [0, 0.1) is 0 Å². The Labute approximate surface area is 182 Å². The van der Waals surface area contributed by atoms with Crippen LogP contribution in [0.3, 0.4) is 0 Å². The van der Waals surface area contributed by atoms with E-state index in [4.69, 9.17) is 13.7 Å². The van der Waals surface area contributed by atoms with Crippen LogP contribution in [0.1, 0.15) is 12.3 Å². The second-order valence-electron chi connectivity index (χ2n) is 6.74. The monoisotopic (exact) mass is 436 g/mol. The van der Waals surface area contributed by atoms with Crippen LogP contribution in [0.2, 0.25) is 0 Å². The van der Waals surface area contributed by atoms with Gasteiger partial charge in [-0.2, -0.15) is 10.1 Å². The second kappa shape index (κ2) is 9.60. The number of aryl methyl sites for hydroxylation is 1. The molecular weight excluding hydrogens is 416 g/mol. The largest absolute Gasteiger partial charge is 0.497 e. The molecule has 0 aliphatic heterocycles. The number of aromatic nitrogens is 4. The molecule has 11 nitrogen and oxygen atoms in total. The highest BCUT2D eigenvalue weighted by Crippen LogP contribution is 2.17. The molecule has 0 saturated heterocycles. The topological polar surface area (TPSA) is 137 Å². The first-order valence-corrected chi connectivity index (χ1v) is 9.72. The predicted molar refractivity (Wildman–Crippen MR) is 113 cm³/mol. The molecule has 0 fully saturated rings. The van der Waals surface area contributed by atoms with E-state index in [0.717, 1.165) is 0 Å². The van der Waals surface area contributed by atoms with E-state index in [1.54, 1.807) is 49.7 Å². The van der Waals surface area contributed by atoms with E-state index in [2.05, 4.69) is 25.9 Å².